The molecule has 0 aromatic heterocycles. The lowest BCUT2D eigenvalue weighted by Gasteiger charge is -2.27. The van der Waals surface area contributed by atoms with Crippen molar-refractivity contribution in [1.29, 1.82) is 0 Å². The van der Waals surface area contributed by atoms with Crippen LogP contribution in [0, 0.1) is 5.92 Å². The molecule has 1 aromatic carbocycles. The predicted molar refractivity (Wildman–Crippen MR) is 73.6 cm³/mol. The minimum Gasteiger partial charge on any atom is -0.390 e. The van der Waals surface area contributed by atoms with Gasteiger partial charge in [0.2, 0.25) is 0 Å². The molecule has 0 aliphatic carbocycles. The quantitative estimate of drug-likeness (QED) is 0.907. The number of halogens is 1. The van der Waals surface area contributed by atoms with Gasteiger partial charge in [0.1, 0.15) is 0 Å². The van der Waals surface area contributed by atoms with Crippen molar-refractivity contribution in [3.05, 3.63) is 29.3 Å². The number of sulfone groups is 1. The van der Waals surface area contributed by atoms with Gasteiger partial charge in [-0.05, 0) is 43.5 Å². The fourth-order valence-corrected chi connectivity index (χ4v) is 2.98. The molecule has 0 fully saturated rings. The van der Waals surface area contributed by atoms with E-state index >= 15 is 0 Å². The fourth-order valence-electron chi connectivity index (χ4n) is 1.39. The zero-order chi connectivity index (χ0) is 14.0. The van der Waals surface area contributed by atoms with Crippen LogP contribution in [0.15, 0.2) is 29.2 Å². The second-order valence-corrected chi connectivity index (χ2v) is 7.58. The lowest BCUT2D eigenvalue weighted by molar-refractivity contribution is 0.0107. The standard InChI is InChI=1S/C13H19ClO3S/c1-10(2)13(3,15)8-9-18(16,17)12-6-4-11(14)5-7-12/h4-7,10,15H,8-9H2,1-3H3. The maximum atomic E-state index is 12.1. The Labute approximate surface area is 114 Å². The second-order valence-electron chi connectivity index (χ2n) is 5.03. The van der Waals surface area contributed by atoms with Crippen molar-refractivity contribution in [3.8, 4) is 0 Å². The summed E-state index contributed by atoms with van der Waals surface area (Å²) in [5.41, 5.74) is -0.973. The maximum absolute atomic E-state index is 12.1. The van der Waals surface area contributed by atoms with Gasteiger partial charge in [-0.2, -0.15) is 0 Å². The summed E-state index contributed by atoms with van der Waals surface area (Å²) in [5, 5.41) is 10.6. The zero-order valence-electron chi connectivity index (χ0n) is 10.9. The van der Waals surface area contributed by atoms with E-state index in [1.807, 2.05) is 13.8 Å². The van der Waals surface area contributed by atoms with Gasteiger partial charge >= 0.3 is 0 Å². The SMILES string of the molecule is CC(C)C(C)(O)CCS(=O)(=O)c1ccc(Cl)cc1. The van der Waals surface area contributed by atoms with E-state index in [1.165, 1.54) is 12.1 Å². The van der Waals surface area contributed by atoms with E-state index in [4.69, 9.17) is 11.6 Å². The van der Waals surface area contributed by atoms with Crippen LogP contribution in [0.2, 0.25) is 5.02 Å². The molecule has 0 aliphatic heterocycles. The van der Waals surface area contributed by atoms with Crippen LogP contribution in [0.5, 0.6) is 0 Å². The van der Waals surface area contributed by atoms with Crippen molar-refractivity contribution in [3.63, 3.8) is 0 Å². The van der Waals surface area contributed by atoms with E-state index in [9.17, 15) is 13.5 Å². The van der Waals surface area contributed by atoms with Crippen LogP contribution in [-0.2, 0) is 9.84 Å². The number of aliphatic hydroxyl groups is 1. The normalized spacial score (nSPS) is 15.7. The van der Waals surface area contributed by atoms with Gasteiger partial charge in [-0.3, -0.25) is 0 Å². The molecule has 1 N–H and O–H groups in total. The Morgan fingerprint density at radius 1 is 1.28 bits per heavy atom. The third-order valence-corrected chi connectivity index (χ3v) is 5.28. The van der Waals surface area contributed by atoms with E-state index in [-0.39, 0.29) is 23.0 Å². The number of benzene rings is 1. The minimum atomic E-state index is -3.36. The van der Waals surface area contributed by atoms with Crippen LogP contribution < -0.4 is 0 Å². The number of hydrogen-bond acceptors (Lipinski definition) is 3. The molecule has 0 spiro atoms. The van der Waals surface area contributed by atoms with Gasteiger partial charge in [0, 0.05) is 5.02 Å². The van der Waals surface area contributed by atoms with Gasteiger partial charge in [-0.15, -0.1) is 0 Å². The van der Waals surface area contributed by atoms with Crippen molar-refractivity contribution in [2.24, 2.45) is 5.92 Å². The van der Waals surface area contributed by atoms with Gasteiger partial charge in [0.05, 0.1) is 16.2 Å². The maximum Gasteiger partial charge on any atom is 0.178 e. The van der Waals surface area contributed by atoms with Crippen molar-refractivity contribution < 1.29 is 13.5 Å². The Bertz CT molecular complexity index is 489. The highest BCUT2D eigenvalue weighted by atomic mass is 35.5. The average Bonchev–Trinajstić information content (AvgIpc) is 2.27. The van der Waals surface area contributed by atoms with Gasteiger partial charge in [0.25, 0.3) is 0 Å². The Morgan fingerprint density at radius 3 is 2.22 bits per heavy atom. The largest absolute Gasteiger partial charge is 0.390 e. The third kappa shape index (κ3) is 3.97. The molecule has 0 bridgehead atoms. The highest BCUT2D eigenvalue weighted by Crippen LogP contribution is 2.23. The zero-order valence-corrected chi connectivity index (χ0v) is 12.4. The fraction of sp³-hybridized carbons (Fsp3) is 0.538. The Morgan fingerprint density at radius 2 is 1.78 bits per heavy atom. The summed E-state index contributed by atoms with van der Waals surface area (Å²) < 4.78 is 24.1. The van der Waals surface area contributed by atoms with Crippen LogP contribution >= 0.6 is 11.6 Å². The molecular weight excluding hydrogens is 272 g/mol. The molecule has 0 saturated carbocycles. The van der Waals surface area contributed by atoms with Crippen LogP contribution in [0.3, 0.4) is 0 Å². The summed E-state index contributed by atoms with van der Waals surface area (Å²) in [6.45, 7) is 5.40. The summed E-state index contributed by atoms with van der Waals surface area (Å²) in [6.07, 6.45) is 0.218. The average molecular weight is 291 g/mol. The summed E-state index contributed by atoms with van der Waals surface area (Å²) in [7, 11) is -3.36. The van der Waals surface area contributed by atoms with Crippen LogP contribution in [-0.4, -0.2) is 24.9 Å². The van der Waals surface area contributed by atoms with E-state index in [2.05, 4.69) is 0 Å². The molecule has 1 rings (SSSR count). The Hall–Kier alpha value is -0.580. The van der Waals surface area contributed by atoms with Gasteiger partial charge in [-0.25, -0.2) is 8.42 Å². The predicted octanol–water partition coefficient (Wildman–Crippen LogP) is 2.91. The highest BCUT2D eigenvalue weighted by Gasteiger charge is 2.27. The lowest BCUT2D eigenvalue weighted by atomic mass is 9.90. The summed E-state index contributed by atoms with van der Waals surface area (Å²) >= 11 is 5.72. The van der Waals surface area contributed by atoms with Crippen molar-refractivity contribution in [1.82, 2.24) is 0 Å². The second kappa shape index (κ2) is 5.59. The Kier molecular flexibility index (Phi) is 4.81. The monoisotopic (exact) mass is 290 g/mol. The topological polar surface area (TPSA) is 54.4 Å². The molecule has 1 unspecified atom stereocenters. The molecule has 1 atom stereocenters. The molecule has 0 heterocycles. The molecule has 0 amide bonds. The number of rotatable bonds is 5. The first-order valence-corrected chi connectivity index (χ1v) is 7.89. The summed E-state index contributed by atoms with van der Waals surface area (Å²) in [6, 6.07) is 6.08. The smallest absolute Gasteiger partial charge is 0.178 e. The van der Waals surface area contributed by atoms with Crippen LogP contribution in [0.25, 0.3) is 0 Å². The summed E-state index contributed by atoms with van der Waals surface area (Å²) in [5.74, 6) is -0.0577. The minimum absolute atomic E-state index is 0.0120. The van der Waals surface area contributed by atoms with Gasteiger partial charge in [0.15, 0.2) is 9.84 Å². The molecular formula is C13H19ClO3S. The van der Waals surface area contributed by atoms with Crippen molar-refractivity contribution in [2.45, 2.75) is 37.7 Å². The molecule has 0 radical (unpaired) electrons. The first kappa shape index (κ1) is 15.5. The van der Waals surface area contributed by atoms with Crippen LogP contribution in [0.1, 0.15) is 27.2 Å². The van der Waals surface area contributed by atoms with E-state index in [0.717, 1.165) is 0 Å². The number of hydrogen-bond donors (Lipinski definition) is 1. The third-order valence-electron chi connectivity index (χ3n) is 3.29. The van der Waals surface area contributed by atoms with E-state index < -0.39 is 15.4 Å². The van der Waals surface area contributed by atoms with Crippen molar-refractivity contribution in [2.75, 3.05) is 5.75 Å². The van der Waals surface area contributed by atoms with Gasteiger partial charge < -0.3 is 5.11 Å². The molecule has 18 heavy (non-hydrogen) atoms. The lowest BCUT2D eigenvalue weighted by Crippen LogP contribution is -2.33. The molecule has 102 valence electrons. The van der Waals surface area contributed by atoms with Crippen LogP contribution in [0.4, 0.5) is 0 Å². The molecule has 3 nitrogen and oxygen atoms in total. The highest BCUT2D eigenvalue weighted by molar-refractivity contribution is 7.91. The molecule has 0 saturated heterocycles. The molecule has 5 heteroatoms. The molecule has 0 aliphatic rings. The first-order valence-electron chi connectivity index (χ1n) is 5.86. The Balaban J connectivity index is 2.81. The van der Waals surface area contributed by atoms with Gasteiger partial charge in [-0.1, -0.05) is 25.4 Å². The van der Waals surface area contributed by atoms with Crippen molar-refractivity contribution >= 4 is 21.4 Å². The van der Waals surface area contributed by atoms with E-state index in [0.29, 0.717) is 5.02 Å². The first-order chi connectivity index (χ1) is 8.15. The molecule has 1 aromatic rings. The van der Waals surface area contributed by atoms with E-state index in [1.54, 1.807) is 19.1 Å². The summed E-state index contributed by atoms with van der Waals surface area (Å²) in [4.78, 5) is 0.242.